The quantitative estimate of drug-likeness (QED) is 0.314. The molecule has 4 aromatic carbocycles. The summed E-state index contributed by atoms with van der Waals surface area (Å²) in [7, 11) is 0. The van der Waals surface area contributed by atoms with E-state index in [1.807, 2.05) is 17.0 Å². The number of rotatable bonds is 6. The van der Waals surface area contributed by atoms with Gasteiger partial charge in [0.15, 0.2) is 0 Å². The van der Waals surface area contributed by atoms with Gasteiger partial charge in [0.05, 0.1) is 0 Å². The predicted octanol–water partition coefficient (Wildman–Crippen LogP) is 6.78. The lowest BCUT2D eigenvalue weighted by Gasteiger charge is -2.35. The van der Waals surface area contributed by atoms with Gasteiger partial charge in [0.1, 0.15) is 12.4 Å². The van der Waals surface area contributed by atoms with Crippen LogP contribution in [0.5, 0.6) is 5.75 Å². The second-order valence-electron chi connectivity index (χ2n) is 8.62. The summed E-state index contributed by atoms with van der Waals surface area (Å²) in [5.41, 5.74) is 5.70. The number of carbonyl (C=O) groups is 1. The van der Waals surface area contributed by atoms with Gasteiger partial charge in [-0.2, -0.15) is 0 Å². The molecule has 33 heavy (non-hydrogen) atoms. The summed E-state index contributed by atoms with van der Waals surface area (Å²) in [5.74, 6) is 0.960. The van der Waals surface area contributed by atoms with Gasteiger partial charge in [0, 0.05) is 24.6 Å². The summed E-state index contributed by atoms with van der Waals surface area (Å²) in [5, 5.41) is 2.38. The van der Waals surface area contributed by atoms with E-state index in [9.17, 15) is 4.79 Å². The molecule has 1 atom stereocenters. The van der Waals surface area contributed by atoms with Crippen LogP contribution in [0.3, 0.4) is 0 Å². The van der Waals surface area contributed by atoms with Crippen LogP contribution in [0.1, 0.15) is 34.6 Å². The van der Waals surface area contributed by atoms with E-state index in [2.05, 4.69) is 86.3 Å². The van der Waals surface area contributed by atoms with E-state index in [-0.39, 0.29) is 11.8 Å². The lowest BCUT2D eigenvalue weighted by molar-refractivity contribution is -0.119. The van der Waals surface area contributed by atoms with Gasteiger partial charge in [0.25, 0.3) is 0 Å². The summed E-state index contributed by atoms with van der Waals surface area (Å²) >= 11 is 0. The number of fused-ring (bicyclic) bond motifs is 3. The minimum Gasteiger partial charge on any atom is -0.489 e. The van der Waals surface area contributed by atoms with Gasteiger partial charge in [-0.05, 0) is 52.6 Å². The first-order valence-electron chi connectivity index (χ1n) is 11.4. The molecule has 0 N–H and O–H groups in total. The Kier molecular flexibility index (Phi) is 5.70. The van der Waals surface area contributed by atoms with E-state index < -0.39 is 0 Å². The van der Waals surface area contributed by atoms with Crippen molar-refractivity contribution in [2.24, 2.45) is 0 Å². The monoisotopic (exact) mass is 433 g/mol. The third kappa shape index (κ3) is 4.14. The van der Waals surface area contributed by atoms with Crippen molar-refractivity contribution >= 4 is 22.4 Å². The molecular weight excluding hydrogens is 406 g/mol. The first-order valence-corrected chi connectivity index (χ1v) is 11.4. The molecule has 0 aromatic heterocycles. The van der Waals surface area contributed by atoms with E-state index in [4.69, 9.17) is 4.74 Å². The Labute approximate surface area is 194 Å². The Balaban J connectivity index is 1.48. The smallest absolute Gasteiger partial charge is 0.228 e. The zero-order valence-corrected chi connectivity index (χ0v) is 18.8. The first-order chi connectivity index (χ1) is 16.1. The molecule has 3 heteroatoms. The first kappa shape index (κ1) is 21.0. The molecule has 0 saturated carbocycles. The fourth-order valence-corrected chi connectivity index (χ4v) is 4.79. The van der Waals surface area contributed by atoms with Crippen LogP contribution in [0.2, 0.25) is 0 Å². The Hall–Kier alpha value is -3.85. The van der Waals surface area contributed by atoms with Crippen LogP contribution in [0.15, 0.2) is 97.6 Å². The number of aryl methyl sites for hydroxylation is 1. The van der Waals surface area contributed by atoms with Gasteiger partial charge >= 0.3 is 0 Å². The summed E-state index contributed by atoms with van der Waals surface area (Å²) in [6, 6.07) is 29.1. The molecule has 1 heterocycles. The molecule has 0 aliphatic carbocycles. The molecule has 1 aliphatic rings. The second kappa shape index (κ2) is 8.95. The van der Waals surface area contributed by atoms with Gasteiger partial charge in [-0.1, -0.05) is 78.4 Å². The molecule has 1 amide bonds. The summed E-state index contributed by atoms with van der Waals surface area (Å²) in [6.07, 6.45) is 2.23. The number of carbonyl (C=O) groups excluding carboxylic acids is 1. The fraction of sp³-hybridized carbons (Fsp3) is 0.167. The number of nitrogens with zero attached hydrogens (tertiary/aromatic N) is 1. The zero-order chi connectivity index (χ0) is 22.8. The third-order valence-electron chi connectivity index (χ3n) is 6.35. The number of anilines is 1. The highest BCUT2D eigenvalue weighted by atomic mass is 16.5. The third-order valence-corrected chi connectivity index (χ3v) is 6.35. The van der Waals surface area contributed by atoms with Crippen LogP contribution in [-0.4, -0.2) is 12.5 Å². The largest absolute Gasteiger partial charge is 0.489 e. The van der Waals surface area contributed by atoms with Crippen LogP contribution >= 0.6 is 0 Å². The number of hydrogen-bond acceptors (Lipinski definition) is 2. The molecule has 0 saturated heterocycles. The highest BCUT2D eigenvalue weighted by molar-refractivity contribution is 6.03. The average molecular weight is 434 g/mol. The summed E-state index contributed by atoms with van der Waals surface area (Å²) in [6.45, 7) is 6.98. The standard InChI is InChI=1S/C30H27NO2/c1-3-17-31-28-16-13-23-9-4-5-10-26(23)30(28)27(19-29(31)32)24-11-14-25(15-12-24)33-20-22-8-6-7-21(2)18-22/h3-16,18,27H,1,17,19-20H2,2H3. The zero-order valence-electron chi connectivity index (χ0n) is 18.8. The Morgan fingerprint density at radius 3 is 2.61 bits per heavy atom. The van der Waals surface area contributed by atoms with Crippen LogP contribution in [-0.2, 0) is 11.4 Å². The Bertz CT molecular complexity index is 1320. The van der Waals surface area contributed by atoms with Crippen molar-refractivity contribution < 1.29 is 9.53 Å². The van der Waals surface area contributed by atoms with E-state index in [0.717, 1.165) is 22.6 Å². The maximum atomic E-state index is 13.1. The van der Waals surface area contributed by atoms with Crippen molar-refractivity contribution in [3.63, 3.8) is 0 Å². The fourth-order valence-electron chi connectivity index (χ4n) is 4.79. The molecular formula is C30H27NO2. The van der Waals surface area contributed by atoms with E-state index in [1.165, 1.54) is 21.9 Å². The van der Waals surface area contributed by atoms with E-state index in [1.54, 1.807) is 6.08 Å². The molecule has 0 fully saturated rings. The molecule has 164 valence electrons. The second-order valence-corrected chi connectivity index (χ2v) is 8.62. The van der Waals surface area contributed by atoms with Gasteiger partial charge in [0.2, 0.25) is 5.91 Å². The van der Waals surface area contributed by atoms with E-state index >= 15 is 0 Å². The number of hydrogen-bond donors (Lipinski definition) is 0. The predicted molar refractivity (Wildman–Crippen MR) is 135 cm³/mol. The van der Waals surface area contributed by atoms with Crippen LogP contribution in [0, 0.1) is 6.92 Å². The Morgan fingerprint density at radius 1 is 1.00 bits per heavy atom. The lowest BCUT2D eigenvalue weighted by atomic mass is 9.81. The molecule has 0 spiro atoms. The highest BCUT2D eigenvalue weighted by Crippen LogP contribution is 2.44. The minimum atomic E-state index is 0.00508. The number of ether oxygens (including phenoxy) is 1. The maximum Gasteiger partial charge on any atom is 0.228 e. The van der Waals surface area contributed by atoms with Gasteiger partial charge in [-0.15, -0.1) is 6.58 Å². The molecule has 4 aromatic rings. The summed E-state index contributed by atoms with van der Waals surface area (Å²) in [4.78, 5) is 14.9. The van der Waals surface area contributed by atoms with Crippen molar-refractivity contribution in [1.29, 1.82) is 0 Å². The summed E-state index contributed by atoms with van der Waals surface area (Å²) < 4.78 is 6.01. The van der Waals surface area contributed by atoms with Gasteiger partial charge < -0.3 is 9.64 Å². The molecule has 1 unspecified atom stereocenters. The van der Waals surface area contributed by atoms with E-state index in [0.29, 0.717) is 19.6 Å². The topological polar surface area (TPSA) is 29.5 Å². The van der Waals surface area contributed by atoms with Gasteiger partial charge in [-0.3, -0.25) is 4.79 Å². The molecule has 5 rings (SSSR count). The maximum absolute atomic E-state index is 13.1. The van der Waals surface area contributed by atoms with Crippen molar-refractivity contribution in [1.82, 2.24) is 0 Å². The highest BCUT2D eigenvalue weighted by Gasteiger charge is 2.33. The average Bonchev–Trinajstić information content (AvgIpc) is 2.84. The Morgan fingerprint density at radius 2 is 1.82 bits per heavy atom. The van der Waals surface area contributed by atoms with Gasteiger partial charge in [-0.25, -0.2) is 0 Å². The molecule has 0 radical (unpaired) electrons. The molecule has 1 aliphatic heterocycles. The minimum absolute atomic E-state index is 0.00508. The van der Waals surface area contributed by atoms with Crippen molar-refractivity contribution in [3.05, 3.63) is 120 Å². The SMILES string of the molecule is C=CCN1C(=O)CC(c2ccc(OCc3cccc(C)c3)cc2)c2c1ccc1ccccc21. The van der Waals surface area contributed by atoms with Crippen LogP contribution in [0.25, 0.3) is 10.8 Å². The molecule has 3 nitrogen and oxygen atoms in total. The molecule has 0 bridgehead atoms. The van der Waals surface area contributed by atoms with Crippen molar-refractivity contribution in [2.45, 2.75) is 25.9 Å². The van der Waals surface area contributed by atoms with Crippen LogP contribution in [0.4, 0.5) is 5.69 Å². The van der Waals surface area contributed by atoms with Crippen molar-refractivity contribution in [3.8, 4) is 5.75 Å². The number of benzene rings is 4. The van der Waals surface area contributed by atoms with Crippen LogP contribution < -0.4 is 9.64 Å². The normalized spacial score (nSPS) is 15.4. The van der Waals surface area contributed by atoms with Crippen molar-refractivity contribution in [2.75, 3.05) is 11.4 Å². The number of amides is 1. The lowest BCUT2D eigenvalue weighted by Crippen LogP contribution is -2.37.